The summed E-state index contributed by atoms with van der Waals surface area (Å²) in [5.41, 5.74) is 11.4. The highest BCUT2D eigenvalue weighted by atomic mass is 16.9. The molecule has 5 nitrogen and oxygen atoms in total. The second-order valence-corrected chi connectivity index (χ2v) is 3.42. The largest absolute Gasteiger partial charge is 0.328 e. The molecule has 0 saturated heterocycles. The molecule has 0 heterocycles. The van der Waals surface area contributed by atoms with Crippen LogP contribution in [0.4, 0.5) is 0 Å². The van der Waals surface area contributed by atoms with Crippen LogP contribution < -0.4 is 11.5 Å². The second kappa shape index (κ2) is 7.14. The van der Waals surface area contributed by atoms with E-state index in [9.17, 15) is 0 Å². The predicted octanol–water partition coefficient (Wildman–Crippen LogP) is 1.12. The van der Waals surface area contributed by atoms with Crippen LogP contribution in [-0.2, 0) is 14.2 Å². The van der Waals surface area contributed by atoms with Gasteiger partial charge in [-0.05, 0) is 19.8 Å². The molecule has 0 saturated carbocycles. The van der Waals surface area contributed by atoms with Gasteiger partial charge >= 0.3 is 0 Å². The maximum atomic E-state index is 5.68. The molecule has 0 aliphatic heterocycles. The maximum Gasteiger partial charge on any atom is 0.282 e. The fourth-order valence-corrected chi connectivity index (χ4v) is 1.07. The molecule has 0 bridgehead atoms. The van der Waals surface area contributed by atoms with Crippen molar-refractivity contribution >= 4 is 0 Å². The first-order valence-electron chi connectivity index (χ1n) is 5.48. The molecule has 0 aromatic carbocycles. The minimum Gasteiger partial charge on any atom is -0.328 e. The van der Waals surface area contributed by atoms with Crippen LogP contribution in [0.5, 0.6) is 0 Å². The van der Waals surface area contributed by atoms with Crippen molar-refractivity contribution in [3.05, 3.63) is 0 Å². The molecular weight excluding hydrogens is 196 g/mol. The second-order valence-electron chi connectivity index (χ2n) is 3.42. The molecule has 0 amide bonds. The van der Waals surface area contributed by atoms with Crippen molar-refractivity contribution in [2.75, 3.05) is 6.61 Å². The molecule has 15 heavy (non-hydrogen) atoms. The van der Waals surface area contributed by atoms with Gasteiger partial charge in [0.15, 0.2) is 0 Å². The number of ether oxygens (including phenoxy) is 3. The summed E-state index contributed by atoms with van der Waals surface area (Å²) < 4.78 is 16.3. The van der Waals surface area contributed by atoms with Crippen LogP contribution in [0.15, 0.2) is 0 Å². The van der Waals surface area contributed by atoms with E-state index in [-0.39, 0.29) is 0 Å². The summed E-state index contributed by atoms with van der Waals surface area (Å²) in [6.07, 6.45) is 0.553. The van der Waals surface area contributed by atoms with Gasteiger partial charge in [-0.15, -0.1) is 0 Å². The Kier molecular flexibility index (Phi) is 7.04. The van der Waals surface area contributed by atoms with Crippen molar-refractivity contribution in [2.45, 2.75) is 59.0 Å². The van der Waals surface area contributed by atoms with Crippen LogP contribution in [0.1, 0.15) is 40.5 Å². The Hall–Kier alpha value is -0.200. The van der Waals surface area contributed by atoms with Gasteiger partial charge in [-0.2, -0.15) is 0 Å². The monoisotopic (exact) mass is 220 g/mol. The van der Waals surface area contributed by atoms with Crippen molar-refractivity contribution in [2.24, 2.45) is 11.5 Å². The van der Waals surface area contributed by atoms with Crippen LogP contribution >= 0.6 is 0 Å². The van der Waals surface area contributed by atoms with Crippen LogP contribution in [0.25, 0.3) is 0 Å². The highest BCUT2D eigenvalue weighted by molar-refractivity contribution is 4.55. The van der Waals surface area contributed by atoms with Gasteiger partial charge in [0.05, 0.1) is 0 Å². The summed E-state index contributed by atoms with van der Waals surface area (Å²) in [6.45, 7) is 7.87. The first-order chi connectivity index (χ1) is 6.97. The molecule has 0 aromatic heterocycles. The zero-order valence-corrected chi connectivity index (χ0v) is 10.2. The number of nitrogens with two attached hydrogens (primary N) is 2. The SMILES string of the molecule is CCOC(C)(OC(N)CC)OC(N)CC. The first kappa shape index (κ1) is 14.8. The van der Waals surface area contributed by atoms with E-state index in [0.717, 1.165) is 0 Å². The van der Waals surface area contributed by atoms with Crippen LogP contribution in [0, 0.1) is 0 Å². The van der Waals surface area contributed by atoms with Crippen molar-refractivity contribution in [1.29, 1.82) is 0 Å². The lowest BCUT2D eigenvalue weighted by molar-refractivity contribution is -0.394. The molecule has 0 fully saturated rings. The average Bonchev–Trinajstić information content (AvgIpc) is 2.17. The Bertz CT molecular complexity index is 155. The summed E-state index contributed by atoms with van der Waals surface area (Å²) in [6, 6.07) is 0. The Labute approximate surface area is 92.0 Å². The van der Waals surface area contributed by atoms with E-state index < -0.39 is 18.4 Å². The van der Waals surface area contributed by atoms with E-state index in [4.69, 9.17) is 25.7 Å². The van der Waals surface area contributed by atoms with E-state index in [2.05, 4.69) is 0 Å². The summed E-state index contributed by atoms with van der Waals surface area (Å²) in [4.78, 5) is 0. The third-order valence-corrected chi connectivity index (χ3v) is 1.94. The zero-order chi connectivity index (χ0) is 11.9. The predicted molar refractivity (Wildman–Crippen MR) is 58.7 cm³/mol. The minimum absolute atomic E-state index is 0.411. The third kappa shape index (κ3) is 6.06. The third-order valence-electron chi connectivity index (χ3n) is 1.94. The first-order valence-corrected chi connectivity index (χ1v) is 5.48. The summed E-state index contributed by atoms with van der Waals surface area (Å²) in [5.74, 6) is -1.15. The summed E-state index contributed by atoms with van der Waals surface area (Å²) in [7, 11) is 0. The van der Waals surface area contributed by atoms with E-state index in [1.165, 1.54) is 0 Å². The molecule has 0 spiro atoms. The molecule has 0 aliphatic rings. The van der Waals surface area contributed by atoms with Gasteiger partial charge in [0, 0.05) is 13.5 Å². The van der Waals surface area contributed by atoms with Crippen molar-refractivity contribution in [1.82, 2.24) is 0 Å². The van der Waals surface area contributed by atoms with Crippen LogP contribution in [0.3, 0.4) is 0 Å². The van der Waals surface area contributed by atoms with Crippen LogP contribution in [0.2, 0.25) is 0 Å². The molecule has 5 heteroatoms. The quantitative estimate of drug-likeness (QED) is 0.599. The molecule has 2 unspecified atom stereocenters. The van der Waals surface area contributed by atoms with E-state index >= 15 is 0 Å². The Morgan fingerprint density at radius 2 is 1.40 bits per heavy atom. The number of hydrogen-bond donors (Lipinski definition) is 2. The fourth-order valence-electron chi connectivity index (χ4n) is 1.07. The van der Waals surface area contributed by atoms with E-state index in [0.29, 0.717) is 19.4 Å². The average molecular weight is 220 g/mol. The standard InChI is InChI=1S/C10H24N2O3/c1-5-8(11)14-10(4,13-7-3)15-9(12)6-2/h8-9H,5-7,11-12H2,1-4H3. The van der Waals surface area contributed by atoms with Crippen molar-refractivity contribution < 1.29 is 14.2 Å². The smallest absolute Gasteiger partial charge is 0.282 e. The Balaban J connectivity index is 4.29. The Morgan fingerprint density at radius 1 is 1.00 bits per heavy atom. The molecule has 2 atom stereocenters. The zero-order valence-electron chi connectivity index (χ0n) is 10.2. The topological polar surface area (TPSA) is 79.7 Å². The molecular formula is C10H24N2O3. The molecule has 0 rings (SSSR count). The lowest BCUT2D eigenvalue weighted by Crippen LogP contribution is -2.46. The highest BCUT2D eigenvalue weighted by Gasteiger charge is 2.31. The summed E-state index contributed by atoms with van der Waals surface area (Å²) in [5, 5.41) is 0. The molecule has 0 aliphatic carbocycles. The van der Waals surface area contributed by atoms with Gasteiger partial charge in [0.2, 0.25) is 0 Å². The molecule has 0 aromatic rings. The molecule has 0 radical (unpaired) electrons. The van der Waals surface area contributed by atoms with Gasteiger partial charge in [-0.3, -0.25) is 0 Å². The Morgan fingerprint density at radius 3 is 1.67 bits per heavy atom. The van der Waals surface area contributed by atoms with Gasteiger partial charge in [-0.25, -0.2) is 0 Å². The van der Waals surface area contributed by atoms with E-state index in [1.807, 2.05) is 20.8 Å². The number of rotatable bonds is 8. The molecule has 92 valence electrons. The molecule has 4 N–H and O–H groups in total. The van der Waals surface area contributed by atoms with Crippen LogP contribution in [-0.4, -0.2) is 25.0 Å². The van der Waals surface area contributed by atoms with E-state index in [1.54, 1.807) is 6.92 Å². The summed E-state index contributed by atoms with van der Waals surface area (Å²) >= 11 is 0. The van der Waals surface area contributed by atoms with Gasteiger partial charge in [0.1, 0.15) is 12.5 Å². The number of hydrogen-bond acceptors (Lipinski definition) is 5. The van der Waals surface area contributed by atoms with Crippen molar-refractivity contribution in [3.63, 3.8) is 0 Å². The highest BCUT2D eigenvalue weighted by Crippen LogP contribution is 2.18. The fraction of sp³-hybridized carbons (Fsp3) is 1.00. The van der Waals surface area contributed by atoms with Crippen molar-refractivity contribution in [3.8, 4) is 0 Å². The minimum atomic E-state index is -1.15. The maximum absolute atomic E-state index is 5.68. The lowest BCUT2D eigenvalue weighted by Gasteiger charge is -2.33. The van der Waals surface area contributed by atoms with Gasteiger partial charge in [-0.1, -0.05) is 13.8 Å². The lowest BCUT2D eigenvalue weighted by atomic mass is 10.4. The van der Waals surface area contributed by atoms with Gasteiger partial charge < -0.3 is 25.7 Å². The normalized spacial score (nSPS) is 19.6. The van der Waals surface area contributed by atoms with Gasteiger partial charge in [0.25, 0.3) is 5.97 Å².